The van der Waals surface area contributed by atoms with E-state index in [-0.39, 0.29) is 0 Å². The molecule has 2 unspecified atom stereocenters. The van der Waals surface area contributed by atoms with E-state index >= 15 is 0 Å². The molecule has 0 bridgehead atoms. The van der Waals surface area contributed by atoms with Crippen LogP contribution in [0.1, 0.15) is 25.0 Å². The van der Waals surface area contributed by atoms with Gasteiger partial charge in [-0.15, -0.1) is 0 Å². The Balaban J connectivity index is 3.01. The molecule has 0 aliphatic heterocycles. The summed E-state index contributed by atoms with van der Waals surface area (Å²) in [7, 11) is 0. The molecule has 0 radical (unpaired) electrons. The largest absolute Gasteiger partial charge is 0.443 e. The van der Waals surface area contributed by atoms with Gasteiger partial charge in [0.1, 0.15) is 12.2 Å². The van der Waals surface area contributed by atoms with Crippen LogP contribution in [0.4, 0.5) is 4.79 Å². The zero-order valence-corrected chi connectivity index (χ0v) is 10.7. The Morgan fingerprint density at radius 3 is 2.41 bits per heavy atom. The number of hydrogen-bond acceptors (Lipinski definition) is 3. The zero-order chi connectivity index (χ0) is 13.0. The minimum absolute atomic E-state index is 0.316. The van der Waals surface area contributed by atoms with Crippen molar-refractivity contribution in [3.8, 4) is 0 Å². The summed E-state index contributed by atoms with van der Waals surface area (Å²) in [4.78, 5) is 10.7. The first-order valence-electron chi connectivity index (χ1n) is 5.05. The summed E-state index contributed by atoms with van der Waals surface area (Å²) in [6, 6.07) is 4.86. The fourth-order valence-corrected chi connectivity index (χ4v) is 2.12. The van der Waals surface area contributed by atoms with Crippen molar-refractivity contribution in [2.45, 2.75) is 25.6 Å². The lowest BCUT2D eigenvalue weighted by Crippen LogP contribution is -2.28. The number of halogens is 2. The Bertz CT molecular complexity index is 391. The second kappa shape index (κ2) is 6.10. The number of amides is 1. The van der Waals surface area contributed by atoms with Gasteiger partial charge in [0.15, 0.2) is 0 Å². The third-order valence-electron chi connectivity index (χ3n) is 2.32. The number of primary amides is 1. The van der Waals surface area contributed by atoms with Crippen LogP contribution in [0.3, 0.4) is 0 Å². The molecule has 94 valence electrons. The Hall–Kier alpha value is -0.970. The van der Waals surface area contributed by atoms with Crippen molar-refractivity contribution in [1.29, 1.82) is 0 Å². The van der Waals surface area contributed by atoms with Crippen molar-refractivity contribution in [3.05, 3.63) is 33.8 Å². The molecule has 1 rings (SSSR count). The Labute approximate surface area is 109 Å². The van der Waals surface area contributed by atoms with Crippen LogP contribution in [0, 0.1) is 0 Å². The SMILES string of the molecule is CCC(OC(N)=O)C(O)c1c(Cl)cccc1Cl. The van der Waals surface area contributed by atoms with E-state index in [9.17, 15) is 9.90 Å². The van der Waals surface area contributed by atoms with Gasteiger partial charge in [0.05, 0.1) is 0 Å². The maximum Gasteiger partial charge on any atom is 0.404 e. The Morgan fingerprint density at radius 2 is 2.00 bits per heavy atom. The van der Waals surface area contributed by atoms with Gasteiger partial charge >= 0.3 is 6.09 Å². The monoisotopic (exact) mass is 277 g/mol. The van der Waals surface area contributed by atoms with Crippen LogP contribution in [0.2, 0.25) is 10.0 Å². The molecular weight excluding hydrogens is 265 g/mol. The number of aliphatic hydroxyl groups excluding tert-OH is 1. The molecule has 0 heterocycles. The summed E-state index contributed by atoms with van der Waals surface area (Å²) in [5.41, 5.74) is 5.26. The number of nitrogens with two attached hydrogens (primary N) is 1. The molecule has 1 aromatic rings. The fraction of sp³-hybridized carbons (Fsp3) is 0.364. The molecule has 4 nitrogen and oxygen atoms in total. The molecule has 17 heavy (non-hydrogen) atoms. The van der Waals surface area contributed by atoms with E-state index in [2.05, 4.69) is 0 Å². The van der Waals surface area contributed by atoms with Gasteiger partial charge in [-0.05, 0) is 18.6 Å². The van der Waals surface area contributed by atoms with Gasteiger partial charge in [-0.1, -0.05) is 36.2 Å². The maximum atomic E-state index is 10.7. The van der Waals surface area contributed by atoms with E-state index < -0.39 is 18.3 Å². The van der Waals surface area contributed by atoms with E-state index in [0.29, 0.717) is 22.0 Å². The standard InChI is InChI=1S/C11H13Cl2NO3/c1-2-8(17-11(14)16)10(15)9-6(12)4-3-5-7(9)13/h3-5,8,10,15H,2H2,1H3,(H2,14,16). The number of ether oxygens (including phenoxy) is 1. The van der Waals surface area contributed by atoms with E-state index in [0.717, 1.165) is 0 Å². The molecule has 0 fully saturated rings. The molecule has 0 spiro atoms. The Kier molecular flexibility index (Phi) is 5.05. The van der Waals surface area contributed by atoms with Crippen molar-refractivity contribution in [1.82, 2.24) is 0 Å². The number of aliphatic hydroxyl groups is 1. The lowest BCUT2D eigenvalue weighted by molar-refractivity contribution is 0.00346. The minimum atomic E-state index is -1.10. The molecule has 3 N–H and O–H groups in total. The number of carbonyl (C=O) groups excluding carboxylic acids is 1. The highest BCUT2D eigenvalue weighted by Gasteiger charge is 2.26. The minimum Gasteiger partial charge on any atom is -0.443 e. The van der Waals surface area contributed by atoms with Crippen LogP contribution in [-0.4, -0.2) is 17.3 Å². The summed E-state index contributed by atoms with van der Waals surface area (Å²) >= 11 is 11.9. The number of carbonyl (C=O) groups is 1. The summed E-state index contributed by atoms with van der Waals surface area (Å²) in [5.74, 6) is 0. The van der Waals surface area contributed by atoms with Gasteiger partial charge in [-0.3, -0.25) is 0 Å². The second-order valence-corrected chi connectivity index (χ2v) is 4.28. The highest BCUT2D eigenvalue weighted by Crippen LogP contribution is 2.33. The summed E-state index contributed by atoms with van der Waals surface area (Å²) in [5, 5.41) is 10.7. The Morgan fingerprint density at radius 1 is 1.47 bits per heavy atom. The van der Waals surface area contributed by atoms with E-state index in [1.54, 1.807) is 25.1 Å². The molecule has 0 saturated heterocycles. The van der Waals surface area contributed by atoms with Crippen LogP contribution in [0.15, 0.2) is 18.2 Å². The third kappa shape index (κ3) is 3.49. The lowest BCUT2D eigenvalue weighted by atomic mass is 10.0. The second-order valence-electron chi connectivity index (χ2n) is 3.46. The van der Waals surface area contributed by atoms with Crippen molar-refractivity contribution < 1.29 is 14.6 Å². The van der Waals surface area contributed by atoms with E-state index in [1.807, 2.05) is 0 Å². The first-order chi connectivity index (χ1) is 7.97. The first kappa shape index (κ1) is 14.1. The number of hydrogen-bond donors (Lipinski definition) is 2. The first-order valence-corrected chi connectivity index (χ1v) is 5.81. The van der Waals surface area contributed by atoms with Crippen LogP contribution in [0.25, 0.3) is 0 Å². The van der Waals surface area contributed by atoms with Crippen LogP contribution < -0.4 is 5.73 Å². The van der Waals surface area contributed by atoms with Crippen molar-refractivity contribution in [2.75, 3.05) is 0 Å². The average Bonchev–Trinajstić information content (AvgIpc) is 2.25. The topological polar surface area (TPSA) is 72.5 Å². The molecule has 1 amide bonds. The van der Waals surface area contributed by atoms with E-state index in [1.165, 1.54) is 0 Å². The number of rotatable bonds is 4. The molecule has 0 aliphatic rings. The van der Waals surface area contributed by atoms with Crippen molar-refractivity contribution in [2.24, 2.45) is 5.73 Å². The predicted octanol–water partition coefficient (Wildman–Crippen LogP) is 2.90. The average molecular weight is 278 g/mol. The van der Waals surface area contributed by atoms with Crippen molar-refractivity contribution >= 4 is 29.3 Å². The van der Waals surface area contributed by atoms with Crippen LogP contribution >= 0.6 is 23.2 Å². The predicted molar refractivity (Wildman–Crippen MR) is 66.2 cm³/mol. The van der Waals surface area contributed by atoms with Gasteiger partial charge in [0, 0.05) is 15.6 Å². The molecular formula is C11H13Cl2NO3. The molecule has 0 aliphatic carbocycles. The van der Waals surface area contributed by atoms with Gasteiger partial charge in [0.25, 0.3) is 0 Å². The zero-order valence-electron chi connectivity index (χ0n) is 9.19. The molecule has 0 saturated carbocycles. The van der Waals surface area contributed by atoms with Gasteiger partial charge in [-0.25, -0.2) is 4.79 Å². The maximum absolute atomic E-state index is 10.7. The smallest absolute Gasteiger partial charge is 0.404 e. The summed E-state index contributed by atoms with van der Waals surface area (Å²) in [6.45, 7) is 1.75. The quantitative estimate of drug-likeness (QED) is 0.889. The van der Waals surface area contributed by atoms with E-state index in [4.69, 9.17) is 33.7 Å². The van der Waals surface area contributed by atoms with Gasteiger partial charge in [-0.2, -0.15) is 0 Å². The van der Waals surface area contributed by atoms with Crippen LogP contribution in [-0.2, 0) is 4.74 Å². The summed E-state index contributed by atoms with van der Waals surface area (Å²) in [6.07, 6.45) is -2.43. The molecule has 2 atom stereocenters. The van der Waals surface area contributed by atoms with Crippen molar-refractivity contribution in [3.63, 3.8) is 0 Å². The highest BCUT2D eigenvalue weighted by atomic mass is 35.5. The number of benzene rings is 1. The highest BCUT2D eigenvalue weighted by molar-refractivity contribution is 6.36. The lowest BCUT2D eigenvalue weighted by Gasteiger charge is -2.22. The normalized spacial score (nSPS) is 14.1. The molecule has 1 aromatic carbocycles. The summed E-state index contributed by atoms with van der Waals surface area (Å²) < 4.78 is 4.80. The molecule has 0 aromatic heterocycles. The van der Waals surface area contributed by atoms with Gasteiger partial charge < -0.3 is 15.6 Å². The van der Waals surface area contributed by atoms with Gasteiger partial charge in [0.2, 0.25) is 0 Å². The third-order valence-corrected chi connectivity index (χ3v) is 2.98. The fourth-order valence-electron chi connectivity index (χ4n) is 1.50. The van der Waals surface area contributed by atoms with Crippen LogP contribution in [0.5, 0.6) is 0 Å². The molecule has 6 heteroatoms.